The van der Waals surface area contributed by atoms with Crippen LogP contribution in [0.5, 0.6) is 0 Å². The Morgan fingerprint density at radius 2 is 2.12 bits per heavy atom. The Labute approximate surface area is 149 Å². The van der Waals surface area contributed by atoms with Gasteiger partial charge in [0.25, 0.3) is 0 Å². The average Bonchev–Trinajstić information content (AvgIpc) is 2.98. The van der Waals surface area contributed by atoms with E-state index < -0.39 is 6.03 Å². The molecule has 0 aliphatic carbocycles. The number of primary amides is 1. The van der Waals surface area contributed by atoms with E-state index in [9.17, 15) is 9.59 Å². The molecule has 24 heavy (non-hydrogen) atoms. The fourth-order valence-corrected chi connectivity index (χ4v) is 4.78. The van der Waals surface area contributed by atoms with E-state index in [0.717, 1.165) is 14.6 Å². The topological polar surface area (TPSA) is 100 Å². The van der Waals surface area contributed by atoms with Gasteiger partial charge in [0.15, 0.2) is 4.34 Å². The van der Waals surface area contributed by atoms with E-state index in [4.69, 9.17) is 5.73 Å². The van der Waals surface area contributed by atoms with Gasteiger partial charge in [-0.25, -0.2) is 14.6 Å². The van der Waals surface area contributed by atoms with E-state index in [-0.39, 0.29) is 17.4 Å². The molecule has 1 aromatic heterocycles. The van der Waals surface area contributed by atoms with E-state index in [2.05, 4.69) is 15.6 Å². The van der Waals surface area contributed by atoms with Crippen molar-refractivity contribution in [3.63, 3.8) is 0 Å². The number of nitrogens with two attached hydrogens (primary N) is 1. The van der Waals surface area contributed by atoms with Crippen LogP contribution in [0.4, 0.5) is 9.59 Å². The maximum Gasteiger partial charge on any atom is 0.317 e. The SMILES string of the molecule is CCC(NC(N)=O)C(Sc1nc2ccccc2s1)N(C)C(=O)NC. The highest BCUT2D eigenvalue weighted by Gasteiger charge is 2.30. The first kappa shape index (κ1) is 18.3. The molecule has 0 saturated heterocycles. The van der Waals surface area contributed by atoms with E-state index >= 15 is 0 Å². The Hall–Kier alpha value is -2.00. The zero-order valence-corrected chi connectivity index (χ0v) is 15.4. The number of rotatable bonds is 6. The monoisotopic (exact) mass is 367 g/mol. The number of amides is 4. The number of carbonyl (C=O) groups is 2. The summed E-state index contributed by atoms with van der Waals surface area (Å²) >= 11 is 3.00. The molecule has 0 saturated carbocycles. The van der Waals surface area contributed by atoms with Gasteiger partial charge in [-0.15, -0.1) is 11.3 Å². The van der Waals surface area contributed by atoms with Crippen molar-refractivity contribution >= 4 is 45.4 Å². The van der Waals surface area contributed by atoms with Gasteiger partial charge in [-0.1, -0.05) is 30.8 Å². The van der Waals surface area contributed by atoms with Gasteiger partial charge in [0.1, 0.15) is 5.37 Å². The summed E-state index contributed by atoms with van der Waals surface area (Å²) in [6, 6.07) is 6.72. The predicted octanol–water partition coefficient (Wildman–Crippen LogP) is 2.43. The first-order valence-corrected chi connectivity index (χ1v) is 9.18. The zero-order chi connectivity index (χ0) is 17.7. The summed E-state index contributed by atoms with van der Waals surface area (Å²) in [6.45, 7) is 1.93. The lowest BCUT2D eigenvalue weighted by Gasteiger charge is -2.32. The van der Waals surface area contributed by atoms with Crippen LogP contribution in [0.1, 0.15) is 13.3 Å². The van der Waals surface area contributed by atoms with E-state index in [0.29, 0.717) is 6.42 Å². The number of para-hydroxylation sites is 1. The highest BCUT2D eigenvalue weighted by Crippen LogP contribution is 2.34. The van der Waals surface area contributed by atoms with E-state index in [1.807, 2.05) is 31.2 Å². The van der Waals surface area contributed by atoms with Gasteiger partial charge < -0.3 is 21.3 Å². The molecule has 0 radical (unpaired) electrons. The maximum atomic E-state index is 12.1. The second-order valence-corrected chi connectivity index (χ2v) is 7.54. The van der Waals surface area contributed by atoms with E-state index in [1.165, 1.54) is 11.8 Å². The van der Waals surface area contributed by atoms with E-state index in [1.54, 1.807) is 30.3 Å². The summed E-state index contributed by atoms with van der Waals surface area (Å²) in [4.78, 5) is 29.5. The molecule has 4 N–H and O–H groups in total. The van der Waals surface area contributed by atoms with Crippen molar-refractivity contribution in [3.05, 3.63) is 24.3 Å². The minimum atomic E-state index is -0.609. The molecule has 0 spiro atoms. The lowest BCUT2D eigenvalue weighted by Crippen LogP contribution is -2.53. The summed E-state index contributed by atoms with van der Waals surface area (Å²) in [6.07, 6.45) is 0.632. The quantitative estimate of drug-likeness (QED) is 0.539. The van der Waals surface area contributed by atoms with Crippen molar-refractivity contribution < 1.29 is 9.59 Å². The van der Waals surface area contributed by atoms with Gasteiger partial charge in [-0.3, -0.25) is 0 Å². The predicted molar refractivity (Wildman–Crippen MR) is 98.3 cm³/mol. The number of thioether (sulfide) groups is 1. The number of fused-ring (bicyclic) bond motifs is 1. The Balaban J connectivity index is 2.29. The Bertz CT molecular complexity index is 688. The number of nitrogens with one attached hydrogen (secondary N) is 2. The van der Waals surface area contributed by atoms with Gasteiger partial charge in [-0.05, 0) is 18.6 Å². The number of urea groups is 2. The van der Waals surface area contributed by atoms with Crippen LogP contribution in [0, 0.1) is 0 Å². The smallest absolute Gasteiger partial charge is 0.317 e. The molecule has 0 aliphatic heterocycles. The largest absolute Gasteiger partial charge is 0.352 e. The molecule has 1 heterocycles. The van der Waals surface area contributed by atoms with Crippen LogP contribution in [-0.2, 0) is 0 Å². The minimum absolute atomic E-state index is 0.238. The highest BCUT2D eigenvalue weighted by atomic mass is 32.2. The van der Waals surface area contributed by atoms with Crippen LogP contribution in [0.3, 0.4) is 0 Å². The Kier molecular flexibility index (Phi) is 6.27. The summed E-state index contributed by atoms with van der Waals surface area (Å²) < 4.78 is 1.92. The van der Waals surface area contributed by atoms with Gasteiger partial charge in [0.05, 0.1) is 16.3 Å². The average molecular weight is 368 g/mol. The summed E-state index contributed by atoms with van der Waals surface area (Å²) in [5.41, 5.74) is 6.20. The van der Waals surface area contributed by atoms with Crippen LogP contribution in [-0.4, -0.2) is 47.5 Å². The number of hydrogen-bond acceptors (Lipinski definition) is 5. The van der Waals surface area contributed by atoms with Crippen LogP contribution >= 0.6 is 23.1 Å². The zero-order valence-electron chi connectivity index (χ0n) is 13.8. The number of thiazole rings is 1. The molecule has 2 atom stereocenters. The maximum absolute atomic E-state index is 12.1. The summed E-state index contributed by atoms with van der Waals surface area (Å²) in [7, 11) is 3.26. The van der Waals surface area contributed by atoms with Crippen LogP contribution in [0.15, 0.2) is 28.6 Å². The van der Waals surface area contributed by atoms with Crippen LogP contribution in [0.25, 0.3) is 10.2 Å². The van der Waals surface area contributed by atoms with Gasteiger partial charge in [0, 0.05) is 14.1 Å². The third-order valence-electron chi connectivity index (χ3n) is 3.52. The fraction of sp³-hybridized carbons (Fsp3) is 0.400. The lowest BCUT2D eigenvalue weighted by atomic mass is 10.2. The van der Waals surface area contributed by atoms with Crippen molar-refractivity contribution in [2.24, 2.45) is 5.73 Å². The number of carbonyl (C=O) groups excluding carboxylic acids is 2. The molecule has 2 rings (SSSR count). The molecule has 0 fully saturated rings. The van der Waals surface area contributed by atoms with Gasteiger partial charge >= 0.3 is 12.1 Å². The normalized spacial score (nSPS) is 13.3. The van der Waals surface area contributed by atoms with Crippen molar-refractivity contribution in [1.29, 1.82) is 0 Å². The van der Waals surface area contributed by atoms with Crippen molar-refractivity contribution in [2.45, 2.75) is 29.1 Å². The molecule has 2 aromatic rings. The van der Waals surface area contributed by atoms with Crippen molar-refractivity contribution in [1.82, 2.24) is 20.5 Å². The van der Waals surface area contributed by atoms with Gasteiger partial charge in [-0.2, -0.15) is 0 Å². The summed E-state index contributed by atoms with van der Waals surface area (Å²) in [5, 5.41) is 4.99. The number of benzene rings is 1. The lowest BCUT2D eigenvalue weighted by molar-refractivity contribution is 0.197. The molecule has 1 aromatic carbocycles. The number of nitrogens with zero attached hydrogens (tertiary/aromatic N) is 2. The standard InChI is InChI=1S/C15H21N5O2S2/c1-4-9(18-13(16)21)12(20(3)14(22)17-2)24-15-19-10-7-5-6-8-11(10)23-15/h5-9,12H,4H2,1-3H3,(H,17,22)(H3,16,18,21). The second kappa shape index (κ2) is 8.20. The molecule has 7 nitrogen and oxygen atoms in total. The number of likely N-dealkylation sites (N-methyl/N-ethyl adjacent to an activating group) is 1. The van der Waals surface area contributed by atoms with Crippen molar-refractivity contribution in [2.75, 3.05) is 14.1 Å². The minimum Gasteiger partial charge on any atom is -0.352 e. The number of aromatic nitrogens is 1. The molecular weight excluding hydrogens is 346 g/mol. The third-order valence-corrected chi connectivity index (χ3v) is 6.07. The Morgan fingerprint density at radius 3 is 2.71 bits per heavy atom. The molecule has 2 unspecified atom stereocenters. The molecular formula is C15H21N5O2S2. The molecule has 9 heteroatoms. The third kappa shape index (κ3) is 4.30. The highest BCUT2D eigenvalue weighted by molar-refractivity contribution is 8.01. The van der Waals surface area contributed by atoms with Gasteiger partial charge in [0.2, 0.25) is 0 Å². The number of hydrogen-bond donors (Lipinski definition) is 3. The van der Waals surface area contributed by atoms with Crippen LogP contribution in [0.2, 0.25) is 0 Å². The molecule has 0 bridgehead atoms. The fourth-order valence-electron chi connectivity index (χ4n) is 2.29. The first-order chi connectivity index (χ1) is 11.5. The molecule has 0 aliphatic rings. The molecule has 130 valence electrons. The first-order valence-electron chi connectivity index (χ1n) is 7.49. The molecule has 4 amide bonds. The summed E-state index contributed by atoms with van der Waals surface area (Å²) in [5.74, 6) is 0. The van der Waals surface area contributed by atoms with Crippen LogP contribution < -0.4 is 16.4 Å². The second-order valence-electron chi connectivity index (χ2n) is 5.15. The van der Waals surface area contributed by atoms with Crippen molar-refractivity contribution in [3.8, 4) is 0 Å². The Morgan fingerprint density at radius 1 is 1.42 bits per heavy atom.